The van der Waals surface area contributed by atoms with Gasteiger partial charge in [-0.3, -0.25) is 4.79 Å². The van der Waals surface area contributed by atoms with Crippen LogP contribution in [0.25, 0.3) is 0 Å². The Balaban J connectivity index is 1.51. The molecular weight excluding hydrogens is 570 g/mol. The Kier molecular flexibility index (Phi) is 7.07. The zero-order valence-electron chi connectivity index (χ0n) is 26.3. The van der Waals surface area contributed by atoms with E-state index in [1.165, 1.54) is 14.0 Å². The average molecular weight is 616 g/mol. The van der Waals surface area contributed by atoms with Gasteiger partial charge in [0.25, 0.3) is 0 Å². The van der Waals surface area contributed by atoms with E-state index in [4.69, 9.17) is 28.4 Å². The van der Waals surface area contributed by atoms with Gasteiger partial charge in [0.2, 0.25) is 0 Å². The van der Waals surface area contributed by atoms with Crippen LogP contribution < -0.4 is 0 Å². The van der Waals surface area contributed by atoms with Crippen LogP contribution in [0.4, 0.5) is 0 Å². The van der Waals surface area contributed by atoms with Crippen LogP contribution in [0, 0.1) is 34.5 Å². The fourth-order valence-corrected chi connectivity index (χ4v) is 12.3. The highest BCUT2D eigenvalue weighted by atomic mass is 16.6. The Labute approximate surface area is 258 Å². The molecule has 14 atom stereocenters. The van der Waals surface area contributed by atoms with Crippen molar-refractivity contribution in [3.8, 4) is 0 Å². The molecule has 1 aliphatic heterocycles. The Bertz CT molecular complexity index is 1310. The molecule has 1 heterocycles. The lowest BCUT2D eigenvalue weighted by Crippen LogP contribution is -2.80. The summed E-state index contributed by atoms with van der Waals surface area (Å²) in [6.07, 6.45) is -2.66. The lowest BCUT2D eigenvalue weighted by Gasteiger charge is -2.69. The molecule has 242 valence electrons. The summed E-state index contributed by atoms with van der Waals surface area (Å²) in [5, 5.41) is 25.1. The minimum atomic E-state index is -1.76. The van der Waals surface area contributed by atoms with Gasteiger partial charge < -0.3 is 43.5 Å². The largest absolute Gasteiger partial charge is 0.455 e. The van der Waals surface area contributed by atoms with Crippen LogP contribution in [0.2, 0.25) is 0 Å². The Hall–Kier alpha value is -2.12. The lowest BCUT2D eigenvalue weighted by molar-refractivity contribution is -0.316. The van der Waals surface area contributed by atoms with Crippen molar-refractivity contribution in [1.82, 2.24) is 4.90 Å². The van der Waals surface area contributed by atoms with Gasteiger partial charge in [0, 0.05) is 76.5 Å². The van der Waals surface area contributed by atoms with Crippen LogP contribution >= 0.6 is 0 Å². The van der Waals surface area contributed by atoms with E-state index in [9.17, 15) is 19.8 Å². The third-order valence-electron chi connectivity index (χ3n) is 12.8. The van der Waals surface area contributed by atoms with Gasteiger partial charge in [0.1, 0.15) is 23.9 Å². The minimum absolute atomic E-state index is 0.103. The number of hydrogen-bond donors (Lipinski definition) is 2. The summed E-state index contributed by atoms with van der Waals surface area (Å²) < 4.78 is 37.5. The number of hydrogen-bond acceptors (Lipinski definition) is 11. The molecule has 44 heavy (non-hydrogen) atoms. The van der Waals surface area contributed by atoms with Crippen LogP contribution in [-0.2, 0) is 33.2 Å². The normalized spacial score (nSPS) is 49.9. The Morgan fingerprint density at radius 2 is 1.75 bits per heavy atom. The molecule has 6 fully saturated rings. The Morgan fingerprint density at radius 1 is 1.02 bits per heavy atom. The number of methoxy groups -OCH3 is 4. The second kappa shape index (κ2) is 10.2. The fraction of sp³-hybridized carbons (Fsp3) is 0.758. The number of piperidine rings is 1. The molecule has 0 aromatic heterocycles. The molecule has 0 amide bonds. The fourth-order valence-electron chi connectivity index (χ4n) is 12.3. The molecule has 7 rings (SSSR count). The highest BCUT2D eigenvalue weighted by molar-refractivity contribution is 5.89. The summed E-state index contributed by atoms with van der Waals surface area (Å²) in [5.74, 6) is -2.96. The predicted molar refractivity (Wildman–Crippen MR) is 154 cm³/mol. The summed E-state index contributed by atoms with van der Waals surface area (Å²) in [4.78, 5) is 29.2. The van der Waals surface area contributed by atoms with Crippen LogP contribution in [-0.4, -0.2) is 123 Å². The van der Waals surface area contributed by atoms with Gasteiger partial charge in [-0.1, -0.05) is 18.2 Å². The molecule has 0 radical (unpaired) electrons. The number of carbonyl (C=O) groups excluding carboxylic acids is 2. The van der Waals surface area contributed by atoms with Crippen molar-refractivity contribution in [3.63, 3.8) is 0 Å². The SMILES string of the molecule is COC[C@@]12CC[C@H](OC)[C@@]34C5CC6(O)[C@H](OC(=O)c7ccccc7)[C@@H]5[C@@](OC(C)=O)([C@@H]([C@H](OC)[C@H]13)[C@@H]4N(C)C2)[C@@H](O)[C@@H]6OC. The number of benzene rings is 1. The number of rotatable bonds is 8. The van der Waals surface area contributed by atoms with E-state index in [0.717, 1.165) is 19.4 Å². The molecule has 2 N–H and O–H groups in total. The number of aliphatic hydroxyl groups excluding tert-OH is 1. The minimum Gasteiger partial charge on any atom is -0.455 e. The number of aliphatic hydroxyl groups is 2. The third-order valence-corrected chi connectivity index (χ3v) is 12.8. The summed E-state index contributed by atoms with van der Waals surface area (Å²) >= 11 is 0. The molecule has 1 aromatic rings. The van der Waals surface area contributed by atoms with E-state index in [0.29, 0.717) is 12.2 Å². The molecule has 5 saturated carbocycles. The van der Waals surface area contributed by atoms with Crippen LogP contribution in [0.3, 0.4) is 0 Å². The maximum absolute atomic E-state index is 13.7. The second-order valence-corrected chi connectivity index (χ2v) is 14.2. The molecule has 6 aliphatic rings. The highest BCUT2D eigenvalue weighted by Gasteiger charge is 2.91. The van der Waals surface area contributed by atoms with Crippen molar-refractivity contribution in [2.75, 3.05) is 48.6 Å². The molecule has 7 bridgehead atoms. The van der Waals surface area contributed by atoms with Crippen molar-refractivity contribution in [2.24, 2.45) is 34.5 Å². The first-order chi connectivity index (χ1) is 21.0. The van der Waals surface area contributed by atoms with Crippen molar-refractivity contribution >= 4 is 11.9 Å². The molecule has 1 spiro atoms. The quantitative estimate of drug-likeness (QED) is 0.410. The summed E-state index contributed by atoms with van der Waals surface area (Å²) in [6.45, 7) is 2.56. The van der Waals surface area contributed by atoms with Gasteiger partial charge in [0.15, 0.2) is 5.60 Å². The highest BCUT2D eigenvalue weighted by Crippen LogP contribution is 2.80. The van der Waals surface area contributed by atoms with Gasteiger partial charge in [0.05, 0.1) is 24.4 Å². The van der Waals surface area contributed by atoms with Gasteiger partial charge in [-0.15, -0.1) is 0 Å². The lowest BCUT2D eigenvalue weighted by atomic mass is 9.43. The van der Waals surface area contributed by atoms with Gasteiger partial charge in [-0.05, 0) is 44.4 Å². The Morgan fingerprint density at radius 3 is 2.36 bits per heavy atom. The average Bonchev–Trinajstić information content (AvgIpc) is 3.39. The maximum Gasteiger partial charge on any atom is 0.338 e. The number of esters is 2. The summed E-state index contributed by atoms with van der Waals surface area (Å²) in [6, 6.07) is 8.39. The third kappa shape index (κ3) is 3.41. The van der Waals surface area contributed by atoms with Crippen molar-refractivity contribution in [2.45, 2.75) is 73.9 Å². The first kappa shape index (κ1) is 30.5. The number of likely N-dealkylation sites (tertiary alicyclic amines) is 1. The molecule has 5 aliphatic carbocycles. The second-order valence-electron chi connectivity index (χ2n) is 14.2. The van der Waals surface area contributed by atoms with Crippen LogP contribution in [0.5, 0.6) is 0 Å². The smallest absolute Gasteiger partial charge is 0.338 e. The standard InChI is InChI=1S/C33H45NO10/c1-17(35)44-33-21-19(14-31(38,28(42-6)26(33)36)27(21)43-29(37)18-10-8-7-9-11-18)32-20(40-4)12-13-30(16-39-3)15-34(2)25(32)22(33)23(41-5)24(30)32/h7-11,19-28,36,38H,12-16H2,1-6H3/t19?,20-,21+,22-,23-,24+,25-,26-,27+,28-,30-,31?,32-,33+/m0/s1. The predicted octanol–water partition coefficient (Wildman–Crippen LogP) is 1.29. The van der Waals surface area contributed by atoms with E-state index in [2.05, 4.69) is 11.9 Å². The first-order valence-corrected chi connectivity index (χ1v) is 15.7. The monoisotopic (exact) mass is 615 g/mol. The maximum atomic E-state index is 13.7. The molecule has 1 saturated heterocycles. The van der Waals surface area contributed by atoms with E-state index in [1.807, 2.05) is 6.07 Å². The van der Waals surface area contributed by atoms with Gasteiger partial charge >= 0.3 is 11.9 Å². The van der Waals surface area contributed by atoms with Crippen molar-refractivity contribution in [3.05, 3.63) is 35.9 Å². The molecular formula is C33H45NO10. The zero-order valence-corrected chi connectivity index (χ0v) is 26.3. The van der Waals surface area contributed by atoms with Gasteiger partial charge in [-0.25, -0.2) is 4.79 Å². The zero-order chi connectivity index (χ0) is 31.4. The first-order valence-electron chi connectivity index (χ1n) is 15.7. The summed E-state index contributed by atoms with van der Waals surface area (Å²) in [5.41, 5.74) is -3.93. The van der Waals surface area contributed by atoms with E-state index >= 15 is 0 Å². The topological polar surface area (TPSA) is 133 Å². The molecule has 11 heteroatoms. The van der Waals surface area contributed by atoms with Crippen molar-refractivity contribution < 1.29 is 48.2 Å². The number of fused-ring (bicyclic) bond motifs is 2. The van der Waals surface area contributed by atoms with Gasteiger partial charge in [-0.2, -0.15) is 0 Å². The summed E-state index contributed by atoms with van der Waals surface area (Å²) in [7, 11) is 8.63. The molecule has 11 nitrogen and oxygen atoms in total. The number of nitrogens with zero attached hydrogens (tertiary/aromatic N) is 1. The van der Waals surface area contributed by atoms with Crippen LogP contribution in [0.15, 0.2) is 30.3 Å². The number of carbonyl (C=O) groups is 2. The van der Waals surface area contributed by atoms with E-state index in [-0.39, 0.29) is 35.8 Å². The van der Waals surface area contributed by atoms with E-state index < -0.39 is 64.8 Å². The number of ether oxygens (including phenoxy) is 6. The molecule has 2 unspecified atom stereocenters. The molecule has 1 aromatic carbocycles. The van der Waals surface area contributed by atoms with Crippen LogP contribution in [0.1, 0.15) is 36.5 Å². The van der Waals surface area contributed by atoms with Crippen molar-refractivity contribution in [1.29, 1.82) is 0 Å². The van der Waals surface area contributed by atoms with E-state index in [1.54, 1.807) is 45.6 Å².